The van der Waals surface area contributed by atoms with Gasteiger partial charge in [0, 0.05) is 12.3 Å². The fraction of sp³-hybridized carbons (Fsp3) is 0.250. The molecule has 3 aromatic rings. The van der Waals surface area contributed by atoms with Crippen LogP contribution in [0, 0.1) is 0 Å². The van der Waals surface area contributed by atoms with Gasteiger partial charge in [0.2, 0.25) is 0 Å². The predicted molar refractivity (Wildman–Crippen MR) is 89.9 cm³/mol. The highest BCUT2D eigenvalue weighted by molar-refractivity contribution is 7.99. The van der Waals surface area contributed by atoms with Crippen LogP contribution in [0.2, 0.25) is 0 Å². The van der Waals surface area contributed by atoms with Crippen molar-refractivity contribution in [3.8, 4) is 10.7 Å². The van der Waals surface area contributed by atoms with Crippen molar-refractivity contribution in [3.05, 3.63) is 53.4 Å². The van der Waals surface area contributed by atoms with Gasteiger partial charge in [-0.25, -0.2) is 0 Å². The van der Waals surface area contributed by atoms with E-state index in [0.717, 1.165) is 29.7 Å². The molecule has 1 aromatic carbocycles. The minimum atomic E-state index is 0.897. The molecule has 0 bridgehead atoms. The topological polar surface area (TPSA) is 30.7 Å². The number of rotatable bonds is 6. The lowest BCUT2D eigenvalue weighted by Gasteiger charge is -2.06. The van der Waals surface area contributed by atoms with Crippen molar-refractivity contribution in [1.29, 1.82) is 0 Å². The lowest BCUT2D eigenvalue weighted by Crippen LogP contribution is -1.99. The zero-order chi connectivity index (χ0) is 14.5. The quantitative estimate of drug-likeness (QED) is 0.633. The minimum Gasteiger partial charge on any atom is -0.302 e. The van der Waals surface area contributed by atoms with Crippen molar-refractivity contribution in [3.63, 3.8) is 0 Å². The van der Waals surface area contributed by atoms with Gasteiger partial charge in [0.05, 0.1) is 4.88 Å². The SMILES string of the molecule is CCn1c(SCCc2ccccc2)nnc1-c1cccs1. The van der Waals surface area contributed by atoms with Gasteiger partial charge in [-0.3, -0.25) is 0 Å². The van der Waals surface area contributed by atoms with E-state index in [0.29, 0.717) is 0 Å². The standard InChI is InChI=1S/C16H17N3S2/c1-2-19-15(14-9-6-11-20-14)17-18-16(19)21-12-10-13-7-4-3-5-8-13/h3-9,11H,2,10,12H2,1H3. The lowest BCUT2D eigenvalue weighted by atomic mass is 10.2. The van der Waals surface area contributed by atoms with E-state index in [1.165, 1.54) is 10.4 Å². The van der Waals surface area contributed by atoms with Crippen LogP contribution in [0.25, 0.3) is 10.7 Å². The summed E-state index contributed by atoms with van der Waals surface area (Å²) < 4.78 is 2.20. The molecule has 0 aliphatic heterocycles. The first kappa shape index (κ1) is 14.4. The van der Waals surface area contributed by atoms with Crippen molar-refractivity contribution in [2.24, 2.45) is 0 Å². The Labute approximate surface area is 133 Å². The maximum Gasteiger partial charge on any atom is 0.191 e. The number of thioether (sulfide) groups is 1. The smallest absolute Gasteiger partial charge is 0.191 e. The van der Waals surface area contributed by atoms with E-state index in [4.69, 9.17) is 0 Å². The van der Waals surface area contributed by atoms with Crippen LogP contribution in [0.5, 0.6) is 0 Å². The molecule has 0 aliphatic carbocycles. The molecular weight excluding hydrogens is 298 g/mol. The Morgan fingerprint density at radius 3 is 2.67 bits per heavy atom. The molecule has 0 saturated heterocycles. The number of aromatic nitrogens is 3. The molecule has 0 amide bonds. The Kier molecular flexibility index (Phi) is 4.72. The Morgan fingerprint density at radius 2 is 1.95 bits per heavy atom. The first-order valence-electron chi connectivity index (χ1n) is 7.02. The molecule has 3 nitrogen and oxygen atoms in total. The number of aryl methyl sites for hydroxylation is 1. The van der Waals surface area contributed by atoms with E-state index in [9.17, 15) is 0 Å². The third kappa shape index (κ3) is 3.36. The summed E-state index contributed by atoms with van der Waals surface area (Å²) in [5.41, 5.74) is 1.37. The van der Waals surface area contributed by atoms with E-state index in [1.807, 2.05) is 0 Å². The van der Waals surface area contributed by atoms with E-state index in [1.54, 1.807) is 23.1 Å². The highest BCUT2D eigenvalue weighted by Crippen LogP contribution is 2.27. The molecule has 21 heavy (non-hydrogen) atoms. The first-order valence-corrected chi connectivity index (χ1v) is 8.89. The average molecular weight is 315 g/mol. The van der Waals surface area contributed by atoms with Gasteiger partial charge >= 0.3 is 0 Å². The summed E-state index contributed by atoms with van der Waals surface area (Å²) in [5.74, 6) is 2.00. The predicted octanol–water partition coefficient (Wildman–Crippen LogP) is 4.36. The van der Waals surface area contributed by atoms with Crippen LogP contribution >= 0.6 is 23.1 Å². The van der Waals surface area contributed by atoms with Crippen LogP contribution in [0.4, 0.5) is 0 Å². The minimum absolute atomic E-state index is 0.897. The molecule has 3 rings (SSSR count). The van der Waals surface area contributed by atoms with Gasteiger partial charge < -0.3 is 4.57 Å². The number of thiophene rings is 1. The largest absolute Gasteiger partial charge is 0.302 e. The van der Waals surface area contributed by atoms with Crippen LogP contribution in [0.3, 0.4) is 0 Å². The van der Waals surface area contributed by atoms with Gasteiger partial charge in [0.15, 0.2) is 11.0 Å². The zero-order valence-electron chi connectivity index (χ0n) is 11.9. The summed E-state index contributed by atoms with van der Waals surface area (Å²) in [6.07, 6.45) is 1.05. The fourth-order valence-electron chi connectivity index (χ4n) is 2.17. The van der Waals surface area contributed by atoms with Gasteiger partial charge in [-0.15, -0.1) is 21.5 Å². The monoisotopic (exact) mass is 315 g/mol. The number of hydrogen-bond acceptors (Lipinski definition) is 4. The van der Waals surface area contributed by atoms with Gasteiger partial charge in [0.1, 0.15) is 0 Å². The number of hydrogen-bond donors (Lipinski definition) is 0. The second kappa shape index (κ2) is 6.91. The van der Waals surface area contributed by atoms with E-state index >= 15 is 0 Å². The Morgan fingerprint density at radius 1 is 1.10 bits per heavy atom. The molecule has 2 aromatic heterocycles. The summed E-state index contributed by atoms with van der Waals surface area (Å²) in [7, 11) is 0. The summed E-state index contributed by atoms with van der Waals surface area (Å²) >= 11 is 3.49. The van der Waals surface area contributed by atoms with Crippen molar-refractivity contribution in [2.75, 3.05) is 5.75 Å². The van der Waals surface area contributed by atoms with Gasteiger partial charge in [-0.1, -0.05) is 48.2 Å². The molecule has 2 heterocycles. The third-order valence-electron chi connectivity index (χ3n) is 3.24. The first-order chi connectivity index (χ1) is 10.4. The van der Waals surface area contributed by atoms with Gasteiger partial charge in [0.25, 0.3) is 0 Å². The van der Waals surface area contributed by atoms with Crippen molar-refractivity contribution < 1.29 is 0 Å². The van der Waals surface area contributed by atoms with Gasteiger partial charge in [-0.05, 0) is 30.4 Å². The Bertz CT molecular complexity index is 675. The second-order valence-electron chi connectivity index (χ2n) is 4.61. The molecule has 0 spiro atoms. The molecule has 0 fully saturated rings. The van der Waals surface area contributed by atoms with E-state index in [-0.39, 0.29) is 0 Å². The van der Waals surface area contributed by atoms with Crippen molar-refractivity contribution in [1.82, 2.24) is 14.8 Å². The molecule has 108 valence electrons. The Hall–Kier alpha value is -1.59. The highest BCUT2D eigenvalue weighted by atomic mass is 32.2. The molecule has 0 saturated carbocycles. The third-order valence-corrected chi connectivity index (χ3v) is 5.07. The molecule has 5 heteroatoms. The molecular formula is C16H17N3S2. The van der Waals surface area contributed by atoms with E-state index < -0.39 is 0 Å². The molecule has 0 aliphatic rings. The number of benzene rings is 1. The summed E-state index contributed by atoms with van der Waals surface area (Å²) in [4.78, 5) is 1.18. The normalized spacial score (nSPS) is 10.9. The van der Waals surface area contributed by atoms with Crippen LogP contribution in [-0.2, 0) is 13.0 Å². The van der Waals surface area contributed by atoms with Crippen molar-refractivity contribution in [2.45, 2.75) is 25.0 Å². The molecule has 0 unspecified atom stereocenters. The van der Waals surface area contributed by atoms with Crippen LogP contribution < -0.4 is 0 Å². The number of nitrogens with zero attached hydrogens (tertiary/aromatic N) is 3. The highest BCUT2D eigenvalue weighted by Gasteiger charge is 2.13. The summed E-state index contributed by atoms with van der Waals surface area (Å²) in [5, 5.41) is 11.8. The lowest BCUT2D eigenvalue weighted by molar-refractivity contribution is 0.688. The maximum atomic E-state index is 4.36. The second-order valence-corrected chi connectivity index (χ2v) is 6.62. The maximum absolute atomic E-state index is 4.36. The summed E-state index contributed by atoms with van der Waals surface area (Å²) in [6.45, 7) is 3.04. The molecule has 0 atom stereocenters. The molecule has 0 N–H and O–H groups in total. The zero-order valence-corrected chi connectivity index (χ0v) is 13.5. The average Bonchev–Trinajstić information content (AvgIpc) is 3.17. The van der Waals surface area contributed by atoms with Crippen LogP contribution in [0.15, 0.2) is 53.0 Å². The van der Waals surface area contributed by atoms with Gasteiger partial charge in [-0.2, -0.15) is 0 Å². The van der Waals surface area contributed by atoms with Crippen LogP contribution in [0.1, 0.15) is 12.5 Å². The van der Waals surface area contributed by atoms with E-state index in [2.05, 4.69) is 69.5 Å². The van der Waals surface area contributed by atoms with Crippen LogP contribution in [-0.4, -0.2) is 20.5 Å². The summed E-state index contributed by atoms with van der Waals surface area (Å²) in [6, 6.07) is 14.7. The van der Waals surface area contributed by atoms with Crippen molar-refractivity contribution >= 4 is 23.1 Å². The molecule has 0 radical (unpaired) electrons. The fourth-order valence-corrected chi connectivity index (χ4v) is 3.88. The Balaban J connectivity index is 1.69.